The first-order valence-corrected chi connectivity index (χ1v) is 7.55. The lowest BCUT2D eigenvalue weighted by atomic mass is 10.1. The van der Waals surface area contributed by atoms with Crippen LogP contribution >= 0.6 is 24.0 Å². The number of thioether (sulfide) groups is 1. The fourth-order valence-corrected chi connectivity index (χ4v) is 2.60. The monoisotopic (exact) mass is 262 g/mol. The molecule has 0 bridgehead atoms. The van der Waals surface area contributed by atoms with Gasteiger partial charge in [0.2, 0.25) is 0 Å². The Hall–Kier alpha value is 0.160. The van der Waals surface area contributed by atoms with E-state index < -0.39 is 0 Å². The predicted molar refractivity (Wildman–Crippen MR) is 75.2 cm³/mol. The minimum atomic E-state index is 0.352. The van der Waals surface area contributed by atoms with Gasteiger partial charge in [-0.2, -0.15) is 11.8 Å². The summed E-state index contributed by atoms with van der Waals surface area (Å²) < 4.78 is 5.64. The Bertz CT molecular complexity index is 196. The zero-order chi connectivity index (χ0) is 11.6. The second-order valence-electron chi connectivity index (χ2n) is 3.94. The van der Waals surface area contributed by atoms with E-state index in [0.29, 0.717) is 6.10 Å². The maximum Gasteiger partial charge on any atom is 0.0779 e. The van der Waals surface area contributed by atoms with Crippen molar-refractivity contribution in [3.05, 3.63) is 0 Å². The van der Waals surface area contributed by atoms with E-state index in [1.165, 1.54) is 12.8 Å². The molecular weight excluding hydrogens is 240 g/mol. The molecule has 16 heavy (non-hydrogen) atoms. The highest BCUT2D eigenvalue weighted by molar-refractivity contribution is 7.99. The molecule has 1 aliphatic heterocycles. The van der Waals surface area contributed by atoms with Crippen LogP contribution < -0.4 is 11.1 Å². The lowest BCUT2D eigenvalue weighted by molar-refractivity contribution is 0.0210. The summed E-state index contributed by atoms with van der Waals surface area (Å²) >= 11 is 7.15. The summed E-state index contributed by atoms with van der Waals surface area (Å²) in [7, 11) is 0. The Labute approximate surface area is 108 Å². The van der Waals surface area contributed by atoms with Gasteiger partial charge in [0.25, 0.3) is 0 Å². The minimum Gasteiger partial charge on any atom is -0.379 e. The normalized spacial score (nSPS) is 20.7. The fourth-order valence-electron chi connectivity index (χ4n) is 1.70. The Morgan fingerprint density at radius 3 is 3.00 bits per heavy atom. The van der Waals surface area contributed by atoms with Gasteiger partial charge in [-0.15, -0.1) is 0 Å². The number of rotatable bonds is 7. The lowest BCUT2D eigenvalue weighted by Crippen LogP contribution is -2.30. The number of hydrogen-bond acceptors (Lipinski definition) is 4. The van der Waals surface area contributed by atoms with Crippen molar-refractivity contribution in [2.45, 2.75) is 31.8 Å². The molecule has 1 aliphatic rings. The molecule has 0 aliphatic carbocycles. The summed E-state index contributed by atoms with van der Waals surface area (Å²) in [5.74, 6) is 2.10. The van der Waals surface area contributed by atoms with Crippen molar-refractivity contribution in [1.82, 2.24) is 5.32 Å². The summed E-state index contributed by atoms with van der Waals surface area (Å²) in [5.41, 5.74) is 5.41. The van der Waals surface area contributed by atoms with Gasteiger partial charge in [-0.05, 0) is 19.3 Å². The van der Waals surface area contributed by atoms with E-state index in [1.54, 1.807) is 0 Å². The molecule has 3 nitrogen and oxygen atoms in total. The number of nitrogens with two attached hydrogens (primary N) is 1. The largest absolute Gasteiger partial charge is 0.379 e. The van der Waals surface area contributed by atoms with Crippen LogP contribution in [0.25, 0.3) is 0 Å². The third-order valence-corrected chi connectivity index (χ3v) is 3.85. The average Bonchev–Trinajstić information content (AvgIpc) is 2.30. The van der Waals surface area contributed by atoms with E-state index in [-0.39, 0.29) is 0 Å². The second kappa shape index (κ2) is 9.22. The van der Waals surface area contributed by atoms with Crippen molar-refractivity contribution in [3.8, 4) is 0 Å². The molecule has 1 saturated heterocycles. The Balaban J connectivity index is 1.97. The van der Waals surface area contributed by atoms with Crippen LogP contribution in [0, 0.1) is 0 Å². The number of thiocarbonyl (C=S) groups is 1. The molecule has 0 radical (unpaired) electrons. The summed E-state index contributed by atoms with van der Waals surface area (Å²) in [5, 5.41) is 3.28. The molecule has 1 rings (SSSR count). The molecule has 1 heterocycles. The molecule has 5 heteroatoms. The van der Waals surface area contributed by atoms with Crippen molar-refractivity contribution in [1.29, 1.82) is 0 Å². The molecule has 0 spiro atoms. The molecule has 0 aromatic carbocycles. The van der Waals surface area contributed by atoms with Crippen LogP contribution in [0.2, 0.25) is 0 Å². The topological polar surface area (TPSA) is 47.3 Å². The summed E-state index contributed by atoms with van der Waals surface area (Å²) in [6.45, 7) is 2.60. The first kappa shape index (κ1) is 14.2. The van der Waals surface area contributed by atoms with Crippen LogP contribution in [0.4, 0.5) is 0 Å². The van der Waals surface area contributed by atoms with Gasteiger partial charge in [-0.25, -0.2) is 0 Å². The van der Waals surface area contributed by atoms with Crippen LogP contribution in [0.1, 0.15) is 25.7 Å². The van der Waals surface area contributed by atoms with Gasteiger partial charge in [0.05, 0.1) is 11.1 Å². The van der Waals surface area contributed by atoms with Crippen LogP contribution in [0.15, 0.2) is 0 Å². The molecule has 1 fully saturated rings. The van der Waals surface area contributed by atoms with Crippen LogP contribution in [0.3, 0.4) is 0 Å². The molecule has 1 atom stereocenters. The Morgan fingerprint density at radius 2 is 2.31 bits per heavy atom. The van der Waals surface area contributed by atoms with Gasteiger partial charge in [-0.3, -0.25) is 0 Å². The molecule has 0 aromatic rings. The highest BCUT2D eigenvalue weighted by Gasteiger charge is 2.15. The average molecular weight is 262 g/mol. The van der Waals surface area contributed by atoms with E-state index in [0.717, 1.165) is 49.0 Å². The highest BCUT2D eigenvalue weighted by atomic mass is 32.2. The van der Waals surface area contributed by atoms with Crippen molar-refractivity contribution in [2.24, 2.45) is 5.73 Å². The molecule has 0 aromatic heterocycles. The van der Waals surface area contributed by atoms with Gasteiger partial charge < -0.3 is 15.8 Å². The maximum absolute atomic E-state index is 5.64. The van der Waals surface area contributed by atoms with E-state index in [4.69, 9.17) is 22.7 Å². The lowest BCUT2D eigenvalue weighted by Gasteiger charge is -2.23. The number of ether oxygens (including phenoxy) is 1. The molecular formula is C11H22N2OS2. The Kier molecular flexibility index (Phi) is 8.19. The molecule has 94 valence electrons. The third kappa shape index (κ3) is 6.68. The number of nitrogens with one attached hydrogen (secondary N) is 1. The zero-order valence-electron chi connectivity index (χ0n) is 9.74. The van der Waals surface area contributed by atoms with Crippen LogP contribution in [-0.4, -0.2) is 42.3 Å². The summed E-state index contributed by atoms with van der Waals surface area (Å²) in [4.78, 5) is 0.945. The molecule has 1 unspecified atom stereocenters. The molecule has 0 amide bonds. The Morgan fingerprint density at radius 1 is 1.44 bits per heavy atom. The zero-order valence-corrected chi connectivity index (χ0v) is 11.4. The van der Waals surface area contributed by atoms with Gasteiger partial charge in [-0.1, -0.05) is 12.2 Å². The van der Waals surface area contributed by atoms with Gasteiger partial charge in [0, 0.05) is 37.6 Å². The molecule has 3 N–H and O–H groups in total. The van der Waals surface area contributed by atoms with Crippen molar-refractivity contribution in [2.75, 3.05) is 31.2 Å². The van der Waals surface area contributed by atoms with Crippen molar-refractivity contribution >= 4 is 29.0 Å². The summed E-state index contributed by atoms with van der Waals surface area (Å²) in [6.07, 6.45) is 4.87. The smallest absolute Gasteiger partial charge is 0.0779 e. The first-order chi connectivity index (χ1) is 7.83. The molecule has 0 saturated carbocycles. The third-order valence-electron chi connectivity index (χ3n) is 2.52. The number of hydrogen-bond donors (Lipinski definition) is 2. The van der Waals surface area contributed by atoms with Crippen LogP contribution in [0.5, 0.6) is 0 Å². The van der Waals surface area contributed by atoms with E-state index in [1.807, 2.05) is 11.8 Å². The quantitative estimate of drug-likeness (QED) is 0.538. The van der Waals surface area contributed by atoms with E-state index in [9.17, 15) is 0 Å². The summed E-state index contributed by atoms with van der Waals surface area (Å²) in [6, 6.07) is 0. The first-order valence-electron chi connectivity index (χ1n) is 5.99. The SMILES string of the molecule is NCCSCCNC(=S)CC1CCCCO1. The maximum atomic E-state index is 5.64. The van der Waals surface area contributed by atoms with Crippen molar-refractivity contribution < 1.29 is 4.74 Å². The van der Waals surface area contributed by atoms with Gasteiger partial charge >= 0.3 is 0 Å². The second-order valence-corrected chi connectivity index (χ2v) is 5.66. The standard InChI is InChI=1S/C11H22N2OS2/c12-4-7-16-8-5-13-11(15)9-10-3-1-2-6-14-10/h10H,1-9,12H2,(H,13,15). The minimum absolute atomic E-state index is 0.352. The predicted octanol–water partition coefficient (Wildman–Crippen LogP) is 1.55. The van der Waals surface area contributed by atoms with E-state index >= 15 is 0 Å². The van der Waals surface area contributed by atoms with Crippen LogP contribution in [-0.2, 0) is 4.74 Å². The van der Waals surface area contributed by atoms with Gasteiger partial charge in [0.1, 0.15) is 0 Å². The van der Waals surface area contributed by atoms with E-state index in [2.05, 4.69) is 5.32 Å². The van der Waals surface area contributed by atoms with Gasteiger partial charge in [0.15, 0.2) is 0 Å². The fraction of sp³-hybridized carbons (Fsp3) is 0.909. The highest BCUT2D eigenvalue weighted by Crippen LogP contribution is 2.15. The van der Waals surface area contributed by atoms with Crippen molar-refractivity contribution in [3.63, 3.8) is 0 Å².